The zero-order valence-corrected chi connectivity index (χ0v) is 11.9. The molecule has 0 amide bonds. The zero-order chi connectivity index (χ0) is 14.8. The van der Waals surface area contributed by atoms with Crippen LogP contribution in [0.4, 0.5) is 0 Å². The van der Waals surface area contributed by atoms with Crippen LogP contribution in [0.1, 0.15) is 10.5 Å². The highest BCUT2D eigenvalue weighted by atomic mass is 35.5. The molecule has 2 aromatic heterocycles. The van der Waals surface area contributed by atoms with Crippen LogP contribution in [0.2, 0.25) is 5.02 Å². The van der Waals surface area contributed by atoms with Crippen LogP contribution < -0.4 is 0 Å². The summed E-state index contributed by atoms with van der Waals surface area (Å²) in [7, 11) is 1.31. The number of carbonyl (C=O) groups is 1. The van der Waals surface area contributed by atoms with Crippen LogP contribution in [0, 0.1) is 0 Å². The van der Waals surface area contributed by atoms with Crippen molar-refractivity contribution >= 4 is 17.6 Å². The SMILES string of the molecule is COC(=O)c1cc(-c2ccco2)n(-c2ccccc2Cl)n1. The average molecular weight is 303 g/mol. The number of rotatable bonds is 3. The van der Waals surface area contributed by atoms with Gasteiger partial charge in [-0.15, -0.1) is 0 Å². The van der Waals surface area contributed by atoms with Gasteiger partial charge in [0.05, 0.1) is 24.1 Å². The van der Waals surface area contributed by atoms with Crippen LogP contribution in [0.15, 0.2) is 53.1 Å². The topological polar surface area (TPSA) is 57.3 Å². The smallest absolute Gasteiger partial charge is 0.358 e. The van der Waals surface area contributed by atoms with E-state index < -0.39 is 5.97 Å². The molecule has 0 spiro atoms. The van der Waals surface area contributed by atoms with Gasteiger partial charge in [0.15, 0.2) is 11.5 Å². The summed E-state index contributed by atoms with van der Waals surface area (Å²) < 4.78 is 11.7. The molecule has 0 N–H and O–H groups in total. The number of halogens is 1. The fourth-order valence-electron chi connectivity index (χ4n) is 1.99. The summed E-state index contributed by atoms with van der Waals surface area (Å²) in [5.74, 6) is 0.0613. The van der Waals surface area contributed by atoms with Gasteiger partial charge in [-0.25, -0.2) is 9.48 Å². The molecular formula is C15H11ClN2O3. The largest absolute Gasteiger partial charge is 0.464 e. The highest BCUT2D eigenvalue weighted by Crippen LogP contribution is 2.28. The summed E-state index contributed by atoms with van der Waals surface area (Å²) in [6.45, 7) is 0. The van der Waals surface area contributed by atoms with Crippen molar-refractivity contribution in [3.8, 4) is 17.1 Å². The first kappa shape index (κ1) is 13.5. The molecule has 0 fully saturated rings. The Morgan fingerprint density at radius 1 is 1.29 bits per heavy atom. The van der Waals surface area contributed by atoms with Gasteiger partial charge in [-0.1, -0.05) is 23.7 Å². The summed E-state index contributed by atoms with van der Waals surface area (Å²) in [6.07, 6.45) is 1.55. The summed E-state index contributed by atoms with van der Waals surface area (Å²) >= 11 is 6.21. The van der Waals surface area contributed by atoms with Crippen LogP contribution in [-0.2, 0) is 4.74 Å². The van der Waals surface area contributed by atoms with Crippen molar-refractivity contribution in [2.45, 2.75) is 0 Å². The van der Waals surface area contributed by atoms with Gasteiger partial charge in [-0.2, -0.15) is 5.10 Å². The lowest BCUT2D eigenvalue weighted by Crippen LogP contribution is -2.04. The predicted molar refractivity (Wildman–Crippen MR) is 77.6 cm³/mol. The van der Waals surface area contributed by atoms with E-state index in [4.69, 9.17) is 20.8 Å². The molecule has 0 saturated heterocycles. The number of hydrogen-bond acceptors (Lipinski definition) is 4. The van der Waals surface area contributed by atoms with Crippen molar-refractivity contribution in [2.24, 2.45) is 0 Å². The molecule has 5 nitrogen and oxygen atoms in total. The Morgan fingerprint density at radius 3 is 2.76 bits per heavy atom. The third-order valence-electron chi connectivity index (χ3n) is 2.96. The normalized spacial score (nSPS) is 10.6. The van der Waals surface area contributed by atoms with E-state index in [1.54, 1.807) is 35.2 Å². The van der Waals surface area contributed by atoms with Crippen molar-refractivity contribution < 1.29 is 13.9 Å². The fraction of sp³-hybridized carbons (Fsp3) is 0.0667. The summed E-state index contributed by atoms with van der Waals surface area (Å²) in [6, 6.07) is 12.4. The second kappa shape index (κ2) is 5.46. The standard InChI is InChI=1S/C15H11ClN2O3/c1-20-15(19)11-9-13(14-7-4-8-21-14)18(17-11)12-6-3-2-5-10(12)16/h2-9H,1H3. The highest BCUT2D eigenvalue weighted by Gasteiger charge is 2.19. The maximum Gasteiger partial charge on any atom is 0.358 e. The Kier molecular flexibility index (Phi) is 3.50. The van der Waals surface area contributed by atoms with Gasteiger partial charge in [-0.3, -0.25) is 0 Å². The highest BCUT2D eigenvalue weighted by molar-refractivity contribution is 6.32. The van der Waals surface area contributed by atoms with Crippen molar-refractivity contribution in [3.63, 3.8) is 0 Å². The average Bonchev–Trinajstić information content (AvgIpc) is 3.15. The van der Waals surface area contributed by atoms with E-state index in [0.717, 1.165) is 0 Å². The summed E-state index contributed by atoms with van der Waals surface area (Å²) in [4.78, 5) is 11.7. The van der Waals surface area contributed by atoms with Crippen molar-refractivity contribution in [3.05, 3.63) is 59.4 Å². The first-order valence-electron chi connectivity index (χ1n) is 6.18. The Bertz CT molecular complexity index is 778. The lowest BCUT2D eigenvalue weighted by molar-refractivity contribution is 0.0593. The number of hydrogen-bond donors (Lipinski definition) is 0. The van der Waals surface area contributed by atoms with E-state index >= 15 is 0 Å². The van der Waals surface area contributed by atoms with E-state index in [1.807, 2.05) is 18.2 Å². The molecule has 1 aromatic carbocycles. The van der Waals surface area contributed by atoms with Gasteiger partial charge in [0.2, 0.25) is 0 Å². The first-order valence-corrected chi connectivity index (χ1v) is 6.55. The molecule has 0 radical (unpaired) electrons. The molecule has 0 saturated carbocycles. The van der Waals surface area contributed by atoms with E-state index in [9.17, 15) is 4.79 Å². The maximum absolute atomic E-state index is 11.7. The number of methoxy groups -OCH3 is 1. The van der Waals surface area contributed by atoms with Crippen LogP contribution in [-0.4, -0.2) is 22.9 Å². The van der Waals surface area contributed by atoms with E-state index in [2.05, 4.69) is 5.10 Å². The summed E-state index contributed by atoms with van der Waals surface area (Å²) in [5.41, 5.74) is 1.46. The second-order valence-corrected chi connectivity index (χ2v) is 4.65. The van der Waals surface area contributed by atoms with Gasteiger partial charge in [0.1, 0.15) is 5.69 Å². The second-order valence-electron chi connectivity index (χ2n) is 4.25. The number of benzene rings is 1. The quantitative estimate of drug-likeness (QED) is 0.694. The number of ether oxygens (including phenoxy) is 1. The molecular weight excluding hydrogens is 292 g/mol. The predicted octanol–water partition coefficient (Wildman–Crippen LogP) is 3.57. The van der Waals surface area contributed by atoms with Crippen molar-refractivity contribution in [1.29, 1.82) is 0 Å². The molecule has 0 aliphatic rings. The number of furan rings is 1. The van der Waals surface area contributed by atoms with Gasteiger partial charge in [0, 0.05) is 6.07 Å². The van der Waals surface area contributed by atoms with Crippen molar-refractivity contribution in [1.82, 2.24) is 9.78 Å². The Hall–Kier alpha value is -2.53. The Balaban J connectivity index is 2.21. The van der Waals surface area contributed by atoms with E-state index in [1.165, 1.54) is 7.11 Å². The molecule has 3 rings (SSSR count). The minimum Gasteiger partial charge on any atom is -0.464 e. The van der Waals surface area contributed by atoms with Gasteiger partial charge in [-0.05, 0) is 24.3 Å². The first-order chi connectivity index (χ1) is 10.2. The van der Waals surface area contributed by atoms with Crippen LogP contribution in [0.5, 0.6) is 0 Å². The Labute approximate surface area is 125 Å². The maximum atomic E-state index is 11.7. The minimum absolute atomic E-state index is 0.184. The monoisotopic (exact) mass is 302 g/mol. The van der Waals surface area contributed by atoms with Crippen LogP contribution in [0.25, 0.3) is 17.1 Å². The zero-order valence-electron chi connectivity index (χ0n) is 11.1. The third-order valence-corrected chi connectivity index (χ3v) is 3.28. The molecule has 0 unspecified atom stereocenters. The third kappa shape index (κ3) is 2.43. The molecule has 21 heavy (non-hydrogen) atoms. The number of nitrogens with zero attached hydrogens (tertiary/aromatic N) is 2. The number of para-hydroxylation sites is 1. The van der Waals surface area contributed by atoms with Crippen molar-refractivity contribution in [2.75, 3.05) is 7.11 Å². The molecule has 2 heterocycles. The molecule has 0 aliphatic carbocycles. The molecule has 106 valence electrons. The van der Waals surface area contributed by atoms with E-state index in [-0.39, 0.29) is 5.69 Å². The van der Waals surface area contributed by atoms with Gasteiger partial charge < -0.3 is 9.15 Å². The molecule has 0 atom stereocenters. The summed E-state index contributed by atoms with van der Waals surface area (Å²) in [5, 5.41) is 4.78. The van der Waals surface area contributed by atoms with Crippen LogP contribution in [0.3, 0.4) is 0 Å². The lowest BCUT2D eigenvalue weighted by atomic mass is 10.2. The molecule has 0 bridgehead atoms. The number of aromatic nitrogens is 2. The molecule has 6 heteroatoms. The Morgan fingerprint density at radius 2 is 2.10 bits per heavy atom. The fourth-order valence-corrected chi connectivity index (χ4v) is 2.21. The number of esters is 1. The molecule has 3 aromatic rings. The van der Waals surface area contributed by atoms with E-state index in [0.29, 0.717) is 22.2 Å². The lowest BCUT2D eigenvalue weighted by Gasteiger charge is -2.07. The minimum atomic E-state index is -0.520. The number of carbonyl (C=O) groups excluding carboxylic acids is 1. The van der Waals surface area contributed by atoms with Gasteiger partial charge >= 0.3 is 5.97 Å². The van der Waals surface area contributed by atoms with Crippen LogP contribution >= 0.6 is 11.6 Å². The molecule has 0 aliphatic heterocycles. The van der Waals surface area contributed by atoms with Gasteiger partial charge in [0.25, 0.3) is 0 Å².